The van der Waals surface area contributed by atoms with Crippen LogP contribution in [0, 0.1) is 17.3 Å². The fourth-order valence-corrected chi connectivity index (χ4v) is 2.41. The first-order valence-electron chi connectivity index (χ1n) is 8.06. The van der Waals surface area contributed by atoms with Gasteiger partial charge in [-0.3, -0.25) is 0 Å². The third kappa shape index (κ3) is 7.31. The second kappa shape index (κ2) is 7.08. The molecule has 0 spiro atoms. The van der Waals surface area contributed by atoms with E-state index in [9.17, 15) is 0 Å². The van der Waals surface area contributed by atoms with Gasteiger partial charge in [-0.15, -0.1) is 0 Å². The molecule has 1 saturated carbocycles. The Bertz CT molecular complexity index is 252. The molecular formula is C17H35NO. The topological polar surface area (TPSA) is 21.3 Å². The van der Waals surface area contributed by atoms with Crippen molar-refractivity contribution in [1.29, 1.82) is 0 Å². The summed E-state index contributed by atoms with van der Waals surface area (Å²) in [6, 6.07) is 0. The van der Waals surface area contributed by atoms with Crippen LogP contribution < -0.4 is 5.32 Å². The van der Waals surface area contributed by atoms with Gasteiger partial charge in [0.1, 0.15) is 0 Å². The van der Waals surface area contributed by atoms with Gasteiger partial charge in [-0.25, -0.2) is 0 Å². The minimum atomic E-state index is 0.217. The van der Waals surface area contributed by atoms with Gasteiger partial charge < -0.3 is 10.1 Å². The van der Waals surface area contributed by atoms with E-state index < -0.39 is 0 Å². The van der Waals surface area contributed by atoms with Crippen LogP contribution in [0.1, 0.15) is 67.2 Å². The van der Waals surface area contributed by atoms with E-state index in [0.29, 0.717) is 5.41 Å². The van der Waals surface area contributed by atoms with Crippen molar-refractivity contribution in [3.63, 3.8) is 0 Å². The van der Waals surface area contributed by atoms with Crippen LogP contribution in [0.3, 0.4) is 0 Å². The van der Waals surface area contributed by atoms with E-state index in [2.05, 4.69) is 46.9 Å². The Morgan fingerprint density at radius 2 is 1.74 bits per heavy atom. The molecule has 0 saturated heterocycles. The van der Waals surface area contributed by atoms with Crippen LogP contribution in [0.15, 0.2) is 0 Å². The highest BCUT2D eigenvalue weighted by molar-refractivity contribution is 4.93. The Kier molecular flexibility index (Phi) is 6.32. The largest absolute Gasteiger partial charge is 0.381 e. The van der Waals surface area contributed by atoms with Gasteiger partial charge in [-0.1, -0.05) is 20.8 Å². The molecule has 0 aromatic rings. The monoisotopic (exact) mass is 269 g/mol. The van der Waals surface area contributed by atoms with E-state index >= 15 is 0 Å². The summed E-state index contributed by atoms with van der Waals surface area (Å²) in [7, 11) is 0. The van der Waals surface area contributed by atoms with Crippen molar-refractivity contribution in [2.45, 2.75) is 72.8 Å². The summed E-state index contributed by atoms with van der Waals surface area (Å²) in [5, 5.41) is 3.69. The van der Waals surface area contributed by atoms with Gasteiger partial charge in [0.25, 0.3) is 0 Å². The molecule has 2 nitrogen and oxygen atoms in total. The number of nitrogens with one attached hydrogen (secondary N) is 1. The van der Waals surface area contributed by atoms with Gasteiger partial charge in [0.15, 0.2) is 0 Å². The summed E-state index contributed by atoms with van der Waals surface area (Å²) in [6.45, 7) is 16.7. The molecule has 0 aromatic heterocycles. The van der Waals surface area contributed by atoms with Crippen LogP contribution in [0.2, 0.25) is 0 Å². The molecule has 0 radical (unpaired) electrons. The van der Waals surface area contributed by atoms with Crippen LogP contribution in [-0.4, -0.2) is 25.3 Å². The van der Waals surface area contributed by atoms with E-state index in [4.69, 9.17) is 4.74 Å². The van der Waals surface area contributed by atoms with Crippen LogP contribution in [0.25, 0.3) is 0 Å². The molecule has 2 heteroatoms. The van der Waals surface area contributed by atoms with Crippen molar-refractivity contribution in [2.75, 3.05) is 19.8 Å². The highest BCUT2D eigenvalue weighted by atomic mass is 16.5. The molecule has 0 aromatic carbocycles. The quantitative estimate of drug-likeness (QED) is 0.632. The molecule has 1 unspecified atom stereocenters. The first-order valence-corrected chi connectivity index (χ1v) is 8.06. The lowest BCUT2D eigenvalue weighted by molar-refractivity contribution is 0.0805. The molecule has 1 atom stereocenters. The summed E-state index contributed by atoms with van der Waals surface area (Å²) in [5.41, 5.74) is 0.639. The molecule has 1 aliphatic rings. The average molecular weight is 269 g/mol. The van der Waals surface area contributed by atoms with Crippen molar-refractivity contribution < 1.29 is 4.74 Å². The Morgan fingerprint density at radius 1 is 1.11 bits per heavy atom. The zero-order valence-electron chi connectivity index (χ0n) is 14.0. The first-order chi connectivity index (χ1) is 8.73. The lowest BCUT2D eigenvalue weighted by Gasteiger charge is -2.34. The van der Waals surface area contributed by atoms with E-state index in [-0.39, 0.29) is 5.54 Å². The Balaban J connectivity index is 2.27. The fraction of sp³-hybridized carbons (Fsp3) is 1.00. The molecule has 0 heterocycles. The van der Waals surface area contributed by atoms with Crippen LogP contribution in [-0.2, 0) is 4.74 Å². The molecule has 1 fully saturated rings. The molecule has 114 valence electrons. The molecule has 1 rings (SSSR count). The maximum Gasteiger partial charge on any atom is 0.0471 e. The number of ether oxygens (including phenoxy) is 1. The van der Waals surface area contributed by atoms with E-state index in [0.717, 1.165) is 31.6 Å². The first kappa shape index (κ1) is 17.0. The molecule has 0 aliphatic heterocycles. The molecule has 19 heavy (non-hydrogen) atoms. The average Bonchev–Trinajstić information content (AvgIpc) is 3.08. The van der Waals surface area contributed by atoms with E-state index in [1.807, 2.05) is 0 Å². The predicted molar refractivity (Wildman–Crippen MR) is 83.5 cm³/mol. The Morgan fingerprint density at radius 3 is 2.21 bits per heavy atom. The summed E-state index contributed by atoms with van der Waals surface area (Å²) >= 11 is 0. The van der Waals surface area contributed by atoms with Gasteiger partial charge >= 0.3 is 0 Å². The van der Waals surface area contributed by atoms with E-state index in [1.165, 1.54) is 25.7 Å². The lowest BCUT2D eigenvalue weighted by Crippen LogP contribution is -2.44. The molecule has 1 N–H and O–H groups in total. The predicted octanol–water partition coefficient (Wildman–Crippen LogP) is 4.24. The van der Waals surface area contributed by atoms with Crippen molar-refractivity contribution in [3.8, 4) is 0 Å². The van der Waals surface area contributed by atoms with Gasteiger partial charge in [-0.05, 0) is 63.7 Å². The Labute approximate surface area is 120 Å². The number of hydrogen-bond acceptors (Lipinski definition) is 2. The van der Waals surface area contributed by atoms with Crippen LogP contribution in [0.5, 0.6) is 0 Å². The minimum Gasteiger partial charge on any atom is -0.381 e. The van der Waals surface area contributed by atoms with Crippen molar-refractivity contribution in [2.24, 2.45) is 17.3 Å². The molecular weight excluding hydrogens is 234 g/mol. The Hall–Kier alpha value is -0.0800. The lowest BCUT2D eigenvalue weighted by atomic mass is 9.81. The van der Waals surface area contributed by atoms with Gasteiger partial charge in [0, 0.05) is 25.3 Å². The van der Waals surface area contributed by atoms with Gasteiger partial charge in [-0.2, -0.15) is 0 Å². The highest BCUT2D eigenvalue weighted by Gasteiger charge is 2.41. The zero-order valence-corrected chi connectivity index (χ0v) is 14.0. The number of hydrogen-bond donors (Lipinski definition) is 1. The maximum atomic E-state index is 5.82. The molecule has 0 amide bonds. The summed E-state index contributed by atoms with van der Waals surface area (Å²) in [5.74, 6) is 1.66. The molecule has 1 aliphatic carbocycles. The summed E-state index contributed by atoms with van der Waals surface area (Å²) in [6.07, 6.45) is 5.20. The second-order valence-corrected chi connectivity index (χ2v) is 8.08. The third-order valence-electron chi connectivity index (χ3n) is 4.24. The third-order valence-corrected chi connectivity index (χ3v) is 4.24. The number of rotatable bonds is 9. The SMILES string of the molecule is CC(C)CCOCCC(C)(CNC(C)(C)C)C1CC1. The minimum absolute atomic E-state index is 0.217. The summed E-state index contributed by atoms with van der Waals surface area (Å²) < 4.78 is 5.82. The smallest absolute Gasteiger partial charge is 0.0471 e. The van der Waals surface area contributed by atoms with Gasteiger partial charge in [0.2, 0.25) is 0 Å². The zero-order chi connectivity index (χ0) is 14.5. The van der Waals surface area contributed by atoms with E-state index in [1.54, 1.807) is 0 Å². The fourth-order valence-electron chi connectivity index (χ4n) is 2.41. The van der Waals surface area contributed by atoms with Crippen LogP contribution in [0.4, 0.5) is 0 Å². The second-order valence-electron chi connectivity index (χ2n) is 8.08. The normalized spacial score (nSPS) is 19.7. The van der Waals surface area contributed by atoms with Crippen molar-refractivity contribution >= 4 is 0 Å². The highest BCUT2D eigenvalue weighted by Crippen LogP contribution is 2.47. The standard InChI is InChI=1S/C17H35NO/c1-14(2)9-11-19-12-10-17(6,15-7-8-15)13-18-16(3,4)5/h14-15,18H,7-13H2,1-6H3. The maximum absolute atomic E-state index is 5.82. The summed E-state index contributed by atoms with van der Waals surface area (Å²) in [4.78, 5) is 0. The van der Waals surface area contributed by atoms with Crippen LogP contribution >= 0.6 is 0 Å². The van der Waals surface area contributed by atoms with Crippen molar-refractivity contribution in [3.05, 3.63) is 0 Å². The molecule has 0 bridgehead atoms. The van der Waals surface area contributed by atoms with Gasteiger partial charge in [0.05, 0.1) is 0 Å². The van der Waals surface area contributed by atoms with Crippen molar-refractivity contribution in [1.82, 2.24) is 5.32 Å².